The second-order valence-electron chi connectivity index (χ2n) is 6.93. The minimum atomic E-state index is -3.90. The zero-order chi connectivity index (χ0) is 19.5. The molecule has 1 unspecified atom stereocenters. The number of sulfone groups is 1. The van der Waals surface area contributed by atoms with Gasteiger partial charge in [0.2, 0.25) is 10.0 Å². The number of nitrogens with zero attached hydrogens (tertiary/aromatic N) is 2. The summed E-state index contributed by atoms with van der Waals surface area (Å²) in [4.78, 5) is 2.19. The summed E-state index contributed by atoms with van der Waals surface area (Å²) >= 11 is 0. The third-order valence-corrected chi connectivity index (χ3v) is 8.71. The van der Waals surface area contributed by atoms with Crippen LogP contribution in [0, 0.1) is 5.82 Å². The molecule has 0 saturated carbocycles. The largest absolute Gasteiger partial charge is 0.379 e. The molecule has 1 aromatic carbocycles. The Bertz CT molecular complexity index is 837. The van der Waals surface area contributed by atoms with Crippen molar-refractivity contribution in [2.75, 3.05) is 50.9 Å². The average Bonchev–Trinajstić information content (AvgIpc) is 2.99. The lowest BCUT2D eigenvalue weighted by Crippen LogP contribution is -2.43. The quantitative estimate of drug-likeness (QED) is 0.647. The van der Waals surface area contributed by atoms with Crippen molar-refractivity contribution in [1.82, 2.24) is 9.21 Å². The Morgan fingerprint density at radius 2 is 1.85 bits per heavy atom. The van der Waals surface area contributed by atoms with Crippen molar-refractivity contribution in [3.63, 3.8) is 0 Å². The van der Waals surface area contributed by atoms with Gasteiger partial charge < -0.3 is 4.74 Å². The van der Waals surface area contributed by atoms with Crippen LogP contribution in [0.4, 0.5) is 4.39 Å². The Labute approximate surface area is 160 Å². The van der Waals surface area contributed by atoms with Gasteiger partial charge >= 0.3 is 0 Å². The molecule has 2 saturated heterocycles. The van der Waals surface area contributed by atoms with Gasteiger partial charge in [-0.1, -0.05) is 0 Å². The van der Waals surface area contributed by atoms with Crippen LogP contribution in [-0.4, -0.2) is 83.0 Å². The summed E-state index contributed by atoms with van der Waals surface area (Å²) < 4.78 is 69.7. The van der Waals surface area contributed by atoms with Gasteiger partial charge in [-0.3, -0.25) is 4.90 Å². The van der Waals surface area contributed by atoms with Crippen molar-refractivity contribution in [2.45, 2.75) is 23.8 Å². The van der Waals surface area contributed by atoms with Gasteiger partial charge in [0.25, 0.3) is 0 Å². The molecule has 2 aliphatic heterocycles. The SMILES string of the molecule is O=S1(=O)CCC(N(CCCN2CCOCC2)S(=O)(=O)c2ccc(F)cc2)C1. The zero-order valence-corrected chi connectivity index (χ0v) is 16.7. The molecule has 0 amide bonds. The summed E-state index contributed by atoms with van der Waals surface area (Å²) in [5.74, 6) is -0.682. The first-order valence-electron chi connectivity index (χ1n) is 9.06. The van der Waals surface area contributed by atoms with Gasteiger partial charge in [0.15, 0.2) is 9.84 Å². The van der Waals surface area contributed by atoms with E-state index in [0.29, 0.717) is 26.1 Å². The van der Waals surface area contributed by atoms with Crippen LogP contribution in [0.1, 0.15) is 12.8 Å². The van der Waals surface area contributed by atoms with Crippen molar-refractivity contribution in [3.05, 3.63) is 30.1 Å². The van der Waals surface area contributed by atoms with Gasteiger partial charge in [-0.25, -0.2) is 21.2 Å². The predicted molar refractivity (Wildman–Crippen MR) is 99.2 cm³/mol. The molecular formula is C17H25FN2O5S2. The lowest BCUT2D eigenvalue weighted by molar-refractivity contribution is 0.0367. The molecule has 27 heavy (non-hydrogen) atoms. The van der Waals surface area contributed by atoms with E-state index in [0.717, 1.165) is 31.8 Å². The molecule has 7 nitrogen and oxygen atoms in total. The monoisotopic (exact) mass is 420 g/mol. The number of morpholine rings is 1. The van der Waals surface area contributed by atoms with Gasteiger partial charge in [0, 0.05) is 25.7 Å². The van der Waals surface area contributed by atoms with Crippen LogP contribution in [-0.2, 0) is 24.6 Å². The second kappa shape index (κ2) is 8.52. The molecule has 0 radical (unpaired) electrons. The van der Waals surface area contributed by atoms with E-state index in [1.165, 1.54) is 16.4 Å². The lowest BCUT2D eigenvalue weighted by atomic mass is 10.2. The highest BCUT2D eigenvalue weighted by molar-refractivity contribution is 7.92. The summed E-state index contributed by atoms with van der Waals surface area (Å²) in [5.41, 5.74) is 0. The molecule has 2 heterocycles. The highest BCUT2D eigenvalue weighted by Gasteiger charge is 2.38. The molecule has 0 aromatic heterocycles. The summed E-state index contributed by atoms with van der Waals surface area (Å²) in [5, 5.41) is 0. The molecule has 0 bridgehead atoms. The zero-order valence-electron chi connectivity index (χ0n) is 15.1. The summed E-state index contributed by atoms with van der Waals surface area (Å²) in [6.07, 6.45) is 0.886. The van der Waals surface area contributed by atoms with E-state index < -0.39 is 31.7 Å². The van der Waals surface area contributed by atoms with Crippen LogP contribution in [0.25, 0.3) is 0 Å². The number of sulfonamides is 1. The highest BCUT2D eigenvalue weighted by Crippen LogP contribution is 2.25. The first-order valence-corrected chi connectivity index (χ1v) is 12.3. The second-order valence-corrected chi connectivity index (χ2v) is 11.1. The molecule has 1 aromatic rings. The minimum absolute atomic E-state index is 0.00340. The van der Waals surface area contributed by atoms with Gasteiger partial charge in [0.05, 0.1) is 29.6 Å². The predicted octanol–water partition coefficient (Wildman–Crippen LogP) is 0.726. The smallest absolute Gasteiger partial charge is 0.243 e. The van der Waals surface area contributed by atoms with E-state index in [4.69, 9.17) is 4.74 Å². The van der Waals surface area contributed by atoms with E-state index in [2.05, 4.69) is 4.90 Å². The molecule has 0 spiro atoms. The van der Waals surface area contributed by atoms with Gasteiger partial charge in [-0.05, 0) is 43.7 Å². The summed E-state index contributed by atoms with van der Waals surface area (Å²) in [6, 6.07) is 4.08. The first-order chi connectivity index (χ1) is 12.8. The Hall–Kier alpha value is -1.07. The van der Waals surface area contributed by atoms with Crippen LogP contribution >= 0.6 is 0 Å². The number of hydrogen-bond donors (Lipinski definition) is 0. The van der Waals surface area contributed by atoms with Crippen molar-refractivity contribution in [1.29, 1.82) is 0 Å². The fourth-order valence-electron chi connectivity index (χ4n) is 3.52. The van der Waals surface area contributed by atoms with Crippen LogP contribution in [0.3, 0.4) is 0 Å². The molecule has 152 valence electrons. The maximum atomic E-state index is 13.2. The van der Waals surface area contributed by atoms with Crippen LogP contribution in [0.5, 0.6) is 0 Å². The maximum absolute atomic E-state index is 13.2. The maximum Gasteiger partial charge on any atom is 0.243 e. The first kappa shape index (κ1) is 20.7. The van der Waals surface area contributed by atoms with Crippen LogP contribution in [0.15, 0.2) is 29.2 Å². The number of benzene rings is 1. The third kappa shape index (κ3) is 5.26. The number of hydrogen-bond acceptors (Lipinski definition) is 6. The average molecular weight is 421 g/mol. The Morgan fingerprint density at radius 1 is 1.19 bits per heavy atom. The number of ether oxygens (including phenoxy) is 1. The van der Waals surface area contributed by atoms with Gasteiger partial charge in [0.1, 0.15) is 5.82 Å². The molecule has 2 aliphatic rings. The summed E-state index contributed by atoms with van der Waals surface area (Å²) in [6.45, 7) is 3.90. The van der Waals surface area contributed by atoms with Crippen molar-refractivity contribution in [3.8, 4) is 0 Å². The normalized spacial score (nSPS) is 23.7. The molecule has 10 heteroatoms. The van der Waals surface area contributed by atoms with E-state index >= 15 is 0 Å². The molecular weight excluding hydrogens is 395 g/mol. The van der Waals surface area contributed by atoms with Crippen molar-refractivity contribution >= 4 is 19.9 Å². The molecule has 2 fully saturated rings. The standard InChI is InChI=1S/C17H25FN2O5S2/c18-15-2-4-17(5-3-15)27(23,24)20(16-6-13-26(21,22)14-16)8-1-7-19-9-11-25-12-10-19/h2-5,16H,1,6-14H2. The lowest BCUT2D eigenvalue weighted by Gasteiger charge is -2.30. The minimum Gasteiger partial charge on any atom is -0.379 e. The molecule has 3 rings (SSSR count). The fourth-order valence-corrected chi connectivity index (χ4v) is 7.04. The topological polar surface area (TPSA) is 84.0 Å². The van der Waals surface area contributed by atoms with Crippen LogP contribution in [0.2, 0.25) is 0 Å². The van der Waals surface area contributed by atoms with E-state index in [-0.39, 0.29) is 22.9 Å². The van der Waals surface area contributed by atoms with E-state index in [1.807, 2.05) is 0 Å². The van der Waals surface area contributed by atoms with E-state index in [9.17, 15) is 21.2 Å². The van der Waals surface area contributed by atoms with Crippen LogP contribution < -0.4 is 0 Å². The Kier molecular flexibility index (Phi) is 6.52. The summed E-state index contributed by atoms with van der Waals surface area (Å²) in [7, 11) is -7.12. The highest BCUT2D eigenvalue weighted by atomic mass is 32.2. The molecule has 0 N–H and O–H groups in total. The number of halogens is 1. The van der Waals surface area contributed by atoms with Crippen molar-refractivity contribution in [2.24, 2.45) is 0 Å². The molecule has 1 atom stereocenters. The Balaban J connectivity index is 1.75. The third-order valence-electron chi connectivity index (χ3n) is 4.99. The number of rotatable bonds is 7. The van der Waals surface area contributed by atoms with E-state index in [1.54, 1.807) is 0 Å². The molecule has 0 aliphatic carbocycles. The van der Waals surface area contributed by atoms with Crippen molar-refractivity contribution < 1.29 is 26.0 Å². The van der Waals surface area contributed by atoms with Gasteiger partial charge in [-0.15, -0.1) is 0 Å². The Morgan fingerprint density at radius 3 is 2.44 bits per heavy atom. The van der Waals surface area contributed by atoms with Gasteiger partial charge in [-0.2, -0.15) is 4.31 Å². The fraction of sp³-hybridized carbons (Fsp3) is 0.647.